The van der Waals surface area contributed by atoms with Crippen molar-refractivity contribution in [3.63, 3.8) is 0 Å². The first-order valence-electron chi connectivity index (χ1n) is 10.1. The van der Waals surface area contributed by atoms with Crippen LogP contribution in [0.5, 0.6) is 0 Å². The van der Waals surface area contributed by atoms with E-state index >= 15 is 0 Å². The number of thioether (sulfide) groups is 1. The molecule has 3 rings (SSSR count). The van der Waals surface area contributed by atoms with Crippen LogP contribution in [0.4, 0.5) is 4.79 Å². The van der Waals surface area contributed by atoms with Crippen molar-refractivity contribution in [3.05, 3.63) is 59.7 Å². The highest BCUT2D eigenvalue weighted by atomic mass is 32.2. The summed E-state index contributed by atoms with van der Waals surface area (Å²) in [4.78, 5) is 35.3. The number of hydrogen-bond donors (Lipinski definition) is 3. The number of nitrogens with one attached hydrogen (secondary N) is 2. The number of benzene rings is 2. The van der Waals surface area contributed by atoms with Crippen LogP contribution in [0, 0.1) is 0 Å². The van der Waals surface area contributed by atoms with E-state index in [-0.39, 0.29) is 25.5 Å². The number of aliphatic carboxylic acids is 1. The number of ether oxygens (including phenoxy) is 1. The Balaban J connectivity index is 1.46. The summed E-state index contributed by atoms with van der Waals surface area (Å²) in [6, 6.07) is 15.2. The van der Waals surface area contributed by atoms with E-state index in [1.807, 2.05) is 42.7 Å². The maximum Gasteiger partial charge on any atom is 0.407 e. The van der Waals surface area contributed by atoms with Crippen molar-refractivity contribution in [3.8, 4) is 11.1 Å². The Hall–Kier alpha value is -3.00. The summed E-state index contributed by atoms with van der Waals surface area (Å²) in [5.41, 5.74) is 4.55. The molecule has 0 spiro atoms. The van der Waals surface area contributed by atoms with Crippen LogP contribution in [0.1, 0.15) is 29.9 Å². The number of carboxylic acid groups (broad SMARTS) is 1. The number of fused-ring (bicyclic) bond motifs is 3. The van der Waals surface area contributed by atoms with Gasteiger partial charge in [-0.15, -0.1) is 0 Å². The van der Waals surface area contributed by atoms with Gasteiger partial charge in [0, 0.05) is 18.9 Å². The molecule has 31 heavy (non-hydrogen) atoms. The maximum absolute atomic E-state index is 12.1. The van der Waals surface area contributed by atoms with Crippen molar-refractivity contribution < 1.29 is 24.2 Å². The highest BCUT2D eigenvalue weighted by molar-refractivity contribution is 7.98. The molecule has 0 fully saturated rings. The normalized spacial score (nSPS) is 13.1. The van der Waals surface area contributed by atoms with E-state index in [1.54, 1.807) is 0 Å². The third kappa shape index (κ3) is 5.79. The van der Waals surface area contributed by atoms with Crippen LogP contribution in [-0.2, 0) is 14.3 Å². The van der Waals surface area contributed by atoms with Gasteiger partial charge in [0.25, 0.3) is 0 Å². The SMILES string of the molecule is CSCC[C@H](NC(=O)CCNC(=O)OCC1c2ccccc2-c2ccccc21)C(=O)O. The van der Waals surface area contributed by atoms with Crippen molar-refractivity contribution in [1.82, 2.24) is 10.6 Å². The van der Waals surface area contributed by atoms with Crippen molar-refractivity contribution in [1.29, 1.82) is 0 Å². The van der Waals surface area contributed by atoms with Gasteiger partial charge >= 0.3 is 12.1 Å². The van der Waals surface area contributed by atoms with E-state index in [0.29, 0.717) is 12.2 Å². The maximum atomic E-state index is 12.1. The number of carboxylic acids is 1. The standard InChI is InChI=1S/C23H26N2O5S/c1-31-13-11-20(22(27)28)25-21(26)10-12-24-23(29)30-14-19-17-8-4-2-6-15(17)16-7-3-5-9-18(16)19/h2-9,19-20H,10-14H2,1H3,(H,24,29)(H,25,26)(H,27,28)/t20-/m0/s1. The molecule has 0 radical (unpaired) electrons. The zero-order valence-corrected chi connectivity index (χ0v) is 18.1. The number of carbonyl (C=O) groups excluding carboxylic acids is 2. The number of alkyl carbamates (subject to hydrolysis) is 1. The Labute approximate surface area is 185 Å². The summed E-state index contributed by atoms with van der Waals surface area (Å²) >= 11 is 1.52. The Kier molecular flexibility index (Phi) is 7.94. The van der Waals surface area contributed by atoms with Gasteiger partial charge in [0.15, 0.2) is 0 Å². The highest BCUT2D eigenvalue weighted by Crippen LogP contribution is 2.44. The van der Waals surface area contributed by atoms with Crippen molar-refractivity contribution in [2.45, 2.75) is 24.8 Å². The fourth-order valence-electron chi connectivity index (χ4n) is 3.69. The summed E-state index contributed by atoms with van der Waals surface area (Å²) in [6.07, 6.45) is 1.60. The monoisotopic (exact) mass is 442 g/mol. The minimum atomic E-state index is -1.06. The van der Waals surface area contributed by atoms with Crippen LogP contribution in [0.2, 0.25) is 0 Å². The van der Waals surface area contributed by atoms with Crippen LogP contribution in [0.3, 0.4) is 0 Å². The van der Waals surface area contributed by atoms with Gasteiger partial charge in [0.2, 0.25) is 5.91 Å². The minimum Gasteiger partial charge on any atom is -0.480 e. The molecule has 3 N–H and O–H groups in total. The lowest BCUT2D eigenvalue weighted by Gasteiger charge is -2.15. The second-order valence-electron chi connectivity index (χ2n) is 7.24. The predicted molar refractivity (Wildman–Crippen MR) is 120 cm³/mol. The van der Waals surface area contributed by atoms with Crippen LogP contribution in [0.25, 0.3) is 11.1 Å². The first kappa shape index (κ1) is 22.7. The molecule has 7 nitrogen and oxygen atoms in total. The Morgan fingerprint density at radius 3 is 2.26 bits per heavy atom. The predicted octanol–water partition coefficient (Wildman–Crippen LogP) is 3.24. The summed E-state index contributed by atoms with van der Waals surface area (Å²) in [6.45, 7) is 0.263. The molecule has 1 aliphatic rings. The summed E-state index contributed by atoms with van der Waals surface area (Å²) in [5.74, 6) is -0.886. The lowest BCUT2D eigenvalue weighted by atomic mass is 9.98. The molecule has 0 saturated carbocycles. The second-order valence-corrected chi connectivity index (χ2v) is 8.23. The molecule has 2 aromatic carbocycles. The smallest absolute Gasteiger partial charge is 0.407 e. The zero-order chi connectivity index (χ0) is 22.2. The molecular formula is C23H26N2O5S. The number of rotatable bonds is 10. The third-order valence-corrected chi connectivity index (χ3v) is 5.85. The van der Waals surface area contributed by atoms with Gasteiger partial charge in [-0.1, -0.05) is 48.5 Å². The molecule has 1 atom stereocenters. The van der Waals surface area contributed by atoms with Crippen LogP contribution < -0.4 is 10.6 Å². The molecule has 8 heteroatoms. The van der Waals surface area contributed by atoms with E-state index in [9.17, 15) is 14.4 Å². The van der Waals surface area contributed by atoms with Crippen LogP contribution >= 0.6 is 11.8 Å². The fourth-order valence-corrected chi connectivity index (χ4v) is 4.16. The van der Waals surface area contributed by atoms with Gasteiger partial charge in [-0.2, -0.15) is 11.8 Å². The van der Waals surface area contributed by atoms with Gasteiger partial charge in [-0.25, -0.2) is 9.59 Å². The molecule has 0 aliphatic heterocycles. The molecule has 0 saturated heterocycles. The second kappa shape index (κ2) is 10.9. The molecular weight excluding hydrogens is 416 g/mol. The molecule has 0 heterocycles. The Morgan fingerprint density at radius 1 is 1.06 bits per heavy atom. The Bertz CT molecular complexity index is 904. The van der Waals surface area contributed by atoms with Crippen LogP contribution in [-0.4, -0.2) is 54.3 Å². The molecule has 0 aromatic heterocycles. The first-order valence-corrected chi connectivity index (χ1v) is 11.5. The third-order valence-electron chi connectivity index (χ3n) is 5.21. The van der Waals surface area contributed by atoms with Gasteiger partial charge in [-0.05, 0) is 40.7 Å². The van der Waals surface area contributed by atoms with E-state index in [1.165, 1.54) is 11.8 Å². The first-order chi connectivity index (χ1) is 15.0. The fraction of sp³-hybridized carbons (Fsp3) is 0.348. The molecule has 1 aliphatic carbocycles. The van der Waals surface area contributed by atoms with Crippen LogP contribution in [0.15, 0.2) is 48.5 Å². The zero-order valence-electron chi connectivity index (χ0n) is 17.3. The lowest BCUT2D eigenvalue weighted by Crippen LogP contribution is -2.42. The minimum absolute atomic E-state index is 0.0206. The summed E-state index contributed by atoms with van der Waals surface area (Å²) < 4.78 is 5.42. The quantitative estimate of drug-likeness (QED) is 0.522. The number of hydrogen-bond acceptors (Lipinski definition) is 5. The summed E-state index contributed by atoms with van der Waals surface area (Å²) in [7, 11) is 0. The van der Waals surface area contributed by atoms with E-state index in [0.717, 1.165) is 22.3 Å². The Morgan fingerprint density at radius 2 is 1.68 bits per heavy atom. The average Bonchev–Trinajstić information content (AvgIpc) is 3.09. The summed E-state index contributed by atoms with van der Waals surface area (Å²) in [5, 5.41) is 14.2. The average molecular weight is 443 g/mol. The number of carbonyl (C=O) groups is 3. The van der Waals surface area contributed by atoms with E-state index < -0.39 is 24.0 Å². The van der Waals surface area contributed by atoms with Gasteiger partial charge in [-0.3, -0.25) is 4.79 Å². The number of amides is 2. The molecule has 2 amide bonds. The van der Waals surface area contributed by atoms with Gasteiger partial charge in [0.1, 0.15) is 12.6 Å². The van der Waals surface area contributed by atoms with E-state index in [4.69, 9.17) is 9.84 Å². The van der Waals surface area contributed by atoms with Crippen molar-refractivity contribution in [2.75, 3.05) is 25.2 Å². The van der Waals surface area contributed by atoms with Gasteiger partial charge < -0.3 is 20.5 Å². The van der Waals surface area contributed by atoms with Gasteiger partial charge in [0.05, 0.1) is 0 Å². The largest absolute Gasteiger partial charge is 0.480 e. The topological polar surface area (TPSA) is 105 Å². The molecule has 0 unspecified atom stereocenters. The highest BCUT2D eigenvalue weighted by Gasteiger charge is 2.29. The molecule has 0 bridgehead atoms. The van der Waals surface area contributed by atoms with Crippen molar-refractivity contribution in [2.24, 2.45) is 0 Å². The molecule has 164 valence electrons. The molecule has 2 aromatic rings. The van der Waals surface area contributed by atoms with Crippen molar-refractivity contribution >= 4 is 29.7 Å². The lowest BCUT2D eigenvalue weighted by molar-refractivity contribution is -0.141. The van der Waals surface area contributed by atoms with E-state index in [2.05, 4.69) is 22.8 Å².